The number of carbonyl (C=O) groups excluding carboxylic acids is 1. The lowest BCUT2D eigenvalue weighted by molar-refractivity contribution is 0.0725. The van der Waals surface area contributed by atoms with Gasteiger partial charge in [0.05, 0.1) is 18.7 Å². The van der Waals surface area contributed by atoms with Crippen LogP contribution >= 0.6 is 11.6 Å². The molecule has 0 aliphatic carbocycles. The van der Waals surface area contributed by atoms with E-state index in [9.17, 15) is 4.79 Å². The molecule has 0 saturated carbocycles. The third kappa shape index (κ3) is 3.43. The Morgan fingerprint density at radius 3 is 2.78 bits per heavy atom. The minimum absolute atomic E-state index is 0.0289. The fourth-order valence-electron chi connectivity index (χ4n) is 3.54. The van der Waals surface area contributed by atoms with E-state index in [1.54, 1.807) is 13.2 Å². The smallest absolute Gasteiger partial charge is 0.276 e. The van der Waals surface area contributed by atoms with Crippen molar-refractivity contribution in [1.29, 1.82) is 0 Å². The lowest BCUT2D eigenvalue weighted by Crippen LogP contribution is -2.30. The Bertz CT molecular complexity index is 952. The van der Waals surface area contributed by atoms with Crippen molar-refractivity contribution in [3.8, 4) is 17.1 Å². The average Bonchev–Trinajstić information content (AvgIpc) is 3.38. The number of halogens is 1. The van der Waals surface area contributed by atoms with Crippen LogP contribution in [0.1, 0.15) is 34.9 Å². The van der Waals surface area contributed by atoms with E-state index in [1.807, 2.05) is 53.4 Å². The number of ether oxygens (including phenoxy) is 1. The number of rotatable bonds is 4. The van der Waals surface area contributed by atoms with Gasteiger partial charge in [-0.25, -0.2) is 0 Å². The maximum absolute atomic E-state index is 13.0. The van der Waals surface area contributed by atoms with Crippen LogP contribution in [0.5, 0.6) is 5.75 Å². The first-order valence-electron chi connectivity index (χ1n) is 8.84. The van der Waals surface area contributed by atoms with Crippen LogP contribution in [0.25, 0.3) is 11.3 Å². The fraction of sp³-hybridized carbons (Fsp3) is 0.238. The summed E-state index contributed by atoms with van der Waals surface area (Å²) in [5.41, 5.74) is 2.15. The van der Waals surface area contributed by atoms with Crippen LogP contribution in [0, 0.1) is 0 Å². The molecular weight excluding hydrogens is 364 g/mol. The zero-order chi connectivity index (χ0) is 18.8. The van der Waals surface area contributed by atoms with E-state index in [0.29, 0.717) is 28.8 Å². The van der Waals surface area contributed by atoms with Crippen LogP contribution in [0.15, 0.2) is 59.1 Å². The highest BCUT2D eigenvalue weighted by atomic mass is 35.5. The molecule has 5 nitrogen and oxygen atoms in total. The van der Waals surface area contributed by atoms with Gasteiger partial charge in [-0.05, 0) is 42.7 Å². The molecule has 1 aliphatic heterocycles. The average molecular weight is 383 g/mol. The Morgan fingerprint density at radius 1 is 1.22 bits per heavy atom. The molecule has 1 aliphatic rings. The number of amides is 1. The second-order valence-corrected chi connectivity index (χ2v) is 6.92. The Balaban J connectivity index is 1.59. The molecule has 3 aromatic rings. The van der Waals surface area contributed by atoms with Gasteiger partial charge in [-0.15, -0.1) is 0 Å². The second kappa shape index (κ2) is 7.45. The summed E-state index contributed by atoms with van der Waals surface area (Å²) in [6.07, 6.45) is 1.88. The molecule has 2 heterocycles. The fourth-order valence-corrected chi connectivity index (χ4v) is 3.67. The van der Waals surface area contributed by atoms with Crippen molar-refractivity contribution in [1.82, 2.24) is 10.1 Å². The standard InChI is InChI=1S/C21H19ClN2O3/c1-26-19-7-3-2-5-16(19)20-13-17(23-27-20)21(25)24-12-4-6-18(24)14-8-10-15(22)11-9-14/h2-3,5,7-11,13,18H,4,6,12H2,1H3/t18-/m1/s1. The van der Waals surface area contributed by atoms with Crippen LogP contribution in [0.2, 0.25) is 5.02 Å². The predicted octanol–water partition coefficient (Wildman–Crippen LogP) is 4.98. The van der Waals surface area contributed by atoms with Gasteiger partial charge >= 0.3 is 0 Å². The first-order valence-corrected chi connectivity index (χ1v) is 9.21. The molecule has 4 rings (SSSR count). The molecule has 0 unspecified atom stereocenters. The number of carbonyl (C=O) groups is 1. The van der Waals surface area contributed by atoms with Crippen LogP contribution in [0.3, 0.4) is 0 Å². The molecule has 1 amide bonds. The highest BCUT2D eigenvalue weighted by Gasteiger charge is 2.32. The summed E-state index contributed by atoms with van der Waals surface area (Å²) in [7, 11) is 1.60. The molecule has 1 fully saturated rings. The number of benzene rings is 2. The minimum atomic E-state index is -0.127. The summed E-state index contributed by atoms with van der Waals surface area (Å²) in [4.78, 5) is 14.9. The molecule has 2 aromatic carbocycles. The van der Waals surface area contributed by atoms with Crippen molar-refractivity contribution < 1.29 is 14.1 Å². The van der Waals surface area contributed by atoms with Gasteiger partial charge in [0.1, 0.15) is 5.75 Å². The largest absolute Gasteiger partial charge is 0.496 e. The van der Waals surface area contributed by atoms with Crippen molar-refractivity contribution in [2.45, 2.75) is 18.9 Å². The molecule has 1 atom stereocenters. The summed E-state index contributed by atoms with van der Waals surface area (Å²) in [6, 6.07) is 16.9. The van der Waals surface area contributed by atoms with Crippen LogP contribution in [0.4, 0.5) is 0 Å². The van der Waals surface area contributed by atoms with Crippen molar-refractivity contribution in [2.75, 3.05) is 13.7 Å². The number of hydrogen-bond donors (Lipinski definition) is 0. The summed E-state index contributed by atoms with van der Waals surface area (Å²) < 4.78 is 10.8. The Morgan fingerprint density at radius 2 is 2.00 bits per heavy atom. The quantitative estimate of drug-likeness (QED) is 0.638. The first kappa shape index (κ1) is 17.6. The van der Waals surface area contributed by atoms with Gasteiger partial charge in [-0.1, -0.05) is 41.0 Å². The third-order valence-electron chi connectivity index (χ3n) is 4.87. The van der Waals surface area contributed by atoms with Gasteiger partial charge in [0.25, 0.3) is 5.91 Å². The van der Waals surface area contributed by atoms with E-state index in [2.05, 4.69) is 5.16 Å². The third-order valence-corrected chi connectivity index (χ3v) is 5.12. The van der Waals surface area contributed by atoms with E-state index in [0.717, 1.165) is 24.0 Å². The van der Waals surface area contributed by atoms with Gasteiger partial charge in [0.2, 0.25) is 0 Å². The molecule has 1 aromatic heterocycles. The van der Waals surface area contributed by atoms with Gasteiger partial charge in [-0.2, -0.15) is 0 Å². The van der Waals surface area contributed by atoms with E-state index < -0.39 is 0 Å². The maximum atomic E-state index is 13.0. The number of nitrogens with zero attached hydrogens (tertiary/aromatic N) is 2. The Hall–Kier alpha value is -2.79. The van der Waals surface area contributed by atoms with Crippen LogP contribution in [-0.4, -0.2) is 29.6 Å². The molecule has 1 saturated heterocycles. The van der Waals surface area contributed by atoms with Gasteiger partial charge in [0, 0.05) is 17.6 Å². The SMILES string of the molecule is COc1ccccc1-c1cc(C(=O)N2CCC[C@@H]2c2ccc(Cl)cc2)no1. The molecule has 0 radical (unpaired) electrons. The lowest BCUT2D eigenvalue weighted by atomic mass is 10.0. The molecule has 138 valence electrons. The van der Waals surface area contributed by atoms with Crippen molar-refractivity contribution in [3.63, 3.8) is 0 Å². The van der Waals surface area contributed by atoms with Crippen LogP contribution in [-0.2, 0) is 0 Å². The second-order valence-electron chi connectivity index (χ2n) is 6.48. The van der Waals surface area contributed by atoms with Gasteiger partial charge in [-0.3, -0.25) is 4.79 Å². The lowest BCUT2D eigenvalue weighted by Gasteiger charge is -2.24. The molecule has 27 heavy (non-hydrogen) atoms. The highest BCUT2D eigenvalue weighted by molar-refractivity contribution is 6.30. The normalized spacial score (nSPS) is 16.5. The Labute approximate surface area is 162 Å². The Kier molecular flexibility index (Phi) is 4.86. The van der Waals surface area contributed by atoms with Crippen molar-refractivity contribution in [2.24, 2.45) is 0 Å². The number of aromatic nitrogens is 1. The van der Waals surface area contributed by atoms with Crippen LogP contribution < -0.4 is 4.74 Å². The van der Waals surface area contributed by atoms with E-state index in [4.69, 9.17) is 20.9 Å². The predicted molar refractivity (Wildman–Crippen MR) is 103 cm³/mol. The number of likely N-dealkylation sites (tertiary alicyclic amines) is 1. The number of para-hydroxylation sites is 1. The highest BCUT2D eigenvalue weighted by Crippen LogP contribution is 2.35. The number of methoxy groups -OCH3 is 1. The summed E-state index contributed by atoms with van der Waals surface area (Å²) >= 11 is 5.99. The van der Waals surface area contributed by atoms with Gasteiger partial charge < -0.3 is 14.2 Å². The first-order chi connectivity index (χ1) is 13.2. The summed E-state index contributed by atoms with van der Waals surface area (Å²) in [5, 5.41) is 4.70. The summed E-state index contributed by atoms with van der Waals surface area (Å²) in [6.45, 7) is 0.697. The zero-order valence-electron chi connectivity index (χ0n) is 14.9. The molecular formula is C21H19ClN2O3. The van der Waals surface area contributed by atoms with E-state index >= 15 is 0 Å². The molecule has 0 N–H and O–H groups in total. The number of hydrogen-bond acceptors (Lipinski definition) is 4. The molecule has 6 heteroatoms. The molecule has 0 spiro atoms. The van der Waals surface area contributed by atoms with E-state index in [-0.39, 0.29) is 11.9 Å². The molecule has 0 bridgehead atoms. The van der Waals surface area contributed by atoms with Gasteiger partial charge in [0.15, 0.2) is 11.5 Å². The van der Waals surface area contributed by atoms with Crippen molar-refractivity contribution in [3.05, 3.63) is 70.9 Å². The summed E-state index contributed by atoms with van der Waals surface area (Å²) in [5.74, 6) is 1.06. The monoisotopic (exact) mass is 382 g/mol. The maximum Gasteiger partial charge on any atom is 0.276 e. The van der Waals surface area contributed by atoms with Crippen molar-refractivity contribution >= 4 is 17.5 Å². The minimum Gasteiger partial charge on any atom is -0.496 e. The zero-order valence-corrected chi connectivity index (χ0v) is 15.6. The topological polar surface area (TPSA) is 55.6 Å². The van der Waals surface area contributed by atoms with E-state index in [1.165, 1.54) is 0 Å².